The van der Waals surface area contributed by atoms with Crippen molar-refractivity contribution in [3.8, 4) is 11.5 Å². The Morgan fingerprint density at radius 1 is 1.13 bits per heavy atom. The minimum absolute atomic E-state index is 0.122. The molecule has 0 atom stereocenters. The minimum atomic E-state index is -0.211. The molecule has 1 saturated heterocycles. The molecule has 1 aromatic carbocycles. The Hall–Kier alpha value is -3.49. The van der Waals surface area contributed by atoms with Crippen LogP contribution in [0.25, 0.3) is 11.5 Å². The highest BCUT2D eigenvalue weighted by Gasteiger charge is 2.22. The second kappa shape index (κ2) is 8.89. The van der Waals surface area contributed by atoms with E-state index in [0.29, 0.717) is 17.4 Å². The van der Waals surface area contributed by atoms with Crippen molar-refractivity contribution < 1.29 is 9.32 Å². The van der Waals surface area contributed by atoms with Crippen molar-refractivity contribution in [2.24, 2.45) is 0 Å². The molecule has 0 radical (unpaired) electrons. The first-order chi connectivity index (χ1) is 14.6. The van der Waals surface area contributed by atoms with Crippen molar-refractivity contribution in [1.29, 1.82) is 0 Å². The molecule has 1 fully saturated rings. The molecule has 156 valence electrons. The van der Waals surface area contributed by atoms with Gasteiger partial charge in [0, 0.05) is 48.7 Å². The third-order valence-electron chi connectivity index (χ3n) is 5.01. The van der Waals surface area contributed by atoms with Gasteiger partial charge in [-0.05, 0) is 43.2 Å². The van der Waals surface area contributed by atoms with Crippen molar-refractivity contribution in [2.75, 3.05) is 23.3 Å². The predicted molar refractivity (Wildman–Crippen MR) is 113 cm³/mol. The summed E-state index contributed by atoms with van der Waals surface area (Å²) in [4.78, 5) is 27.5. The zero-order valence-electron chi connectivity index (χ0n) is 17.1. The van der Waals surface area contributed by atoms with E-state index in [1.165, 1.54) is 0 Å². The van der Waals surface area contributed by atoms with Crippen LogP contribution in [-0.4, -0.2) is 45.3 Å². The predicted octanol–water partition coefficient (Wildman–Crippen LogP) is 3.44. The van der Waals surface area contributed by atoms with E-state index in [-0.39, 0.29) is 18.0 Å². The van der Waals surface area contributed by atoms with Crippen molar-refractivity contribution in [3.05, 3.63) is 48.5 Å². The number of nitrogens with zero attached hydrogens (tertiary/aromatic N) is 5. The molecular weight excluding hydrogens is 382 g/mol. The van der Waals surface area contributed by atoms with Gasteiger partial charge < -0.3 is 20.1 Å². The highest BCUT2D eigenvalue weighted by molar-refractivity contribution is 5.89. The van der Waals surface area contributed by atoms with Crippen molar-refractivity contribution >= 4 is 17.7 Å². The third-order valence-corrected chi connectivity index (χ3v) is 5.01. The molecule has 9 nitrogen and oxygen atoms in total. The Morgan fingerprint density at radius 3 is 2.47 bits per heavy atom. The summed E-state index contributed by atoms with van der Waals surface area (Å²) < 4.78 is 5.30. The Labute approximate surface area is 174 Å². The van der Waals surface area contributed by atoms with Gasteiger partial charge in [0.25, 0.3) is 5.89 Å². The summed E-state index contributed by atoms with van der Waals surface area (Å²) in [5.74, 6) is 2.10. The Bertz CT molecular complexity index is 965. The molecule has 2 aromatic heterocycles. The monoisotopic (exact) mass is 407 g/mol. The molecule has 0 spiro atoms. The van der Waals surface area contributed by atoms with Gasteiger partial charge in [-0.3, -0.25) is 0 Å². The van der Waals surface area contributed by atoms with Crippen LogP contribution in [0, 0.1) is 0 Å². The molecule has 2 N–H and O–H groups in total. The topological polar surface area (TPSA) is 109 Å². The van der Waals surface area contributed by atoms with Crippen LogP contribution >= 0.6 is 0 Å². The maximum absolute atomic E-state index is 12.4. The molecule has 0 aliphatic carbocycles. The number of piperidine rings is 1. The Morgan fingerprint density at radius 2 is 1.83 bits per heavy atom. The van der Waals surface area contributed by atoms with Gasteiger partial charge >= 0.3 is 6.03 Å². The smallest absolute Gasteiger partial charge is 0.319 e. The fourth-order valence-corrected chi connectivity index (χ4v) is 3.31. The van der Waals surface area contributed by atoms with Gasteiger partial charge in [-0.15, -0.1) is 0 Å². The van der Waals surface area contributed by atoms with E-state index in [1.54, 1.807) is 18.5 Å². The summed E-state index contributed by atoms with van der Waals surface area (Å²) in [6, 6.07) is 9.07. The van der Waals surface area contributed by atoms with Gasteiger partial charge in [0.2, 0.25) is 5.95 Å². The van der Waals surface area contributed by atoms with Crippen LogP contribution in [0.1, 0.15) is 38.4 Å². The molecule has 2 amide bonds. The number of hydrogen-bond donors (Lipinski definition) is 2. The van der Waals surface area contributed by atoms with E-state index in [0.717, 1.165) is 37.4 Å². The summed E-state index contributed by atoms with van der Waals surface area (Å²) in [5, 5.41) is 9.90. The van der Waals surface area contributed by atoms with Crippen LogP contribution in [0.15, 0.2) is 47.2 Å². The van der Waals surface area contributed by atoms with E-state index in [1.807, 2.05) is 38.1 Å². The number of amides is 2. The summed E-state index contributed by atoms with van der Waals surface area (Å²) >= 11 is 0. The zero-order chi connectivity index (χ0) is 20.9. The first-order valence-corrected chi connectivity index (χ1v) is 10.1. The first kappa shape index (κ1) is 19.8. The zero-order valence-corrected chi connectivity index (χ0v) is 17.1. The summed E-state index contributed by atoms with van der Waals surface area (Å²) in [6.07, 6.45) is 5.18. The number of carbonyl (C=O) groups excluding carboxylic acids is 1. The maximum atomic E-state index is 12.4. The molecule has 0 bridgehead atoms. The van der Waals surface area contributed by atoms with Crippen LogP contribution < -0.4 is 15.5 Å². The minimum Gasteiger partial charge on any atom is -0.341 e. The van der Waals surface area contributed by atoms with Crippen LogP contribution in [-0.2, 0) is 0 Å². The van der Waals surface area contributed by atoms with E-state index in [4.69, 9.17) is 4.52 Å². The molecule has 4 rings (SSSR count). The summed E-state index contributed by atoms with van der Waals surface area (Å²) in [6.45, 7) is 5.65. The van der Waals surface area contributed by atoms with Crippen molar-refractivity contribution in [1.82, 2.24) is 25.4 Å². The molecule has 0 saturated carbocycles. The van der Waals surface area contributed by atoms with Gasteiger partial charge in [0.05, 0.1) is 0 Å². The van der Waals surface area contributed by atoms with E-state index in [9.17, 15) is 4.79 Å². The van der Waals surface area contributed by atoms with Gasteiger partial charge in [0.1, 0.15) is 0 Å². The maximum Gasteiger partial charge on any atom is 0.319 e. The molecule has 30 heavy (non-hydrogen) atoms. The van der Waals surface area contributed by atoms with Crippen LogP contribution in [0.5, 0.6) is 0 Å². The summed E-state index contributed by atoms with van der Waals surface area (Å²) in [5.41, 5.74) is 1.52. The fraction of sp³-hybridized carbons (Fsp3) is 0.381. The lowest BCUT2D eigenvalue weighted by atomic mass is 10.1. The number of urea groups is 1. The highest BCUT2D eigenvalue weighted by atomic mass is 16.5. The quantitative estimate of drug-likeness (QED) is 0.667. The van der Waals surface area contributed by atoms with E-state index in [2.05, 4.69) is 35.6 Å². The van der Waals surface area contributed by atoms with E-state index < -0.39 is 0 Å². The molecule has 3 aromatic rings. The number of aromatic nitrogens is 4. The van der Waals surface area contributed by atoms with E-state index >= 15 is 0 Å². The molecule has 1 aliphatic heterocycles. The SMILES string of the molecule is CC(C)c1noc(-c2ccc(NC(=O)NC3CCN(c4ncccn4)CC3)cc2)n1. The third kappa shape index (κ3) is 4.73. The number of benzene rings is 1. The number of anilines is 2. The lowest BCUT2D eigenvalue weighted by molar-refractivity contribution is 0.246. The standard InChI is InChI=1S/C21H25N7O2/c1-14(2)18-26-19(30-27-18)15-4-6-16(7-5-15)24-21(29)25-17-8-12-28(13-9-17)20-22-10-3-11-23-20/h3-7,10-11,14,17H,8-9,12-13H2,1-2H3,(H2,24,25,29). The van der Waals surface area contributed by atoms with Gasteiger partial charge in [0.15, 0.2) is 5.82 Å². The number of rotatable bonds is 5. The van der Waals surface area contributed by atoms with Crippen LogP contribution in [0.2, 0.25) is 0 Å². The normalized spacial score (nSPS) is 14.7. The average Bonchev–Trinajstić information content (AvgIpc) is 3.26. The average molecular weight is 407 g/mol. The Kier molecular flexibility index (Phi) is 5.87. The van der Waals surface area contributed by atoms with Gasteiger partial charge in [-0.1, -0.05) is 19.0 Å². The molecular formula is C21H25N7O2. The number of carbonyl (C=O) groups is 1. The van der Waals surface area contributed by atoms with Gasteiger partial charge in [-0.2, -0.15) is 4.98 Å². The van der Waals surface area contributed by atoms with Gasteiger partial charge in [-0.25, -0.2) is 14.8 Å². The highest BCUT2D eigenvalue weighted by Crippen LogP contribution is 2.22. The van der Waals surface area contributed by atoms with Crippen LogP contribution in [0.4, 0.5) is 16.4 Å². The fourth-order valence-electron chi connectivity index (χ4n) is 3.31. The number of hydrogen-bond acceptors (Lipinski definition) is 7. The lowest BCUT2D eigenvalue weighted by Gasteiger charge is -2.32. The second-order valence-corrected chi connectivity index (χ2v) is 7.60. The van der Waals surface area contributed by atoms with Crippen molar-refractivity contribution in [2.45, 2.75) is 38.6 Å². The molecule has 1 aliphatic rings. The molecule has 3 heterocycles. The largest absolute Gasteiger partial charge is 0.341 e. The van der Waals surface area contributed by atoms with Crippen molar-refractivity contribution in [3.63, 3.8) is 0 Å². The lowest BCUT2D eigenvalue weighted by Crippen LogP contribution is -2.46. The molecule has 9 heteroatoms. The van der Waals surface area contributed by atoms with Crippen LogP contribution in [0.3, 0.4) is 0 Å². The molecule has 0 unspecified atom stereocenters. The Balaban J connectivity index is 1.27. The first-order valence-electron chi connectivity index (χ1n) is 10.1. The number of nitrogens with one attached hydrogen (secondary N) is 2. The second-order valence-electron chi connectivity index (χ2n) is 7.60. The summed E-state index contributed by atoms with van der Waals surface area (Å²) in [7, 11) is 0.